The highest BCUT2D eigenvalue weighted by atomic mass is 16.5. The zero-order valence-electron chi connectivity index (χ0n) is 12.4. The number of hydrogen-bond acceptors (Lipinski definition) is 5. The number of carbonyl (C=O) groups is 1. The third-order valence-electron chi connectivity index (χ3n) is 2.98. The number of nitriles is 1. The van der Waals surface area contributed by atoms with Crippen molar-refractivity contribution in [3.8, 4) is 17.6 Å². The fourth-order valence-electron chi connectivity index (χ4n) is 1.84. The third kappa shape index (κ3) is 4.42. The van der Waals surface area contributed by atoms with Crippen LogP contribution in [-0.4, -0.2) is 26.7 Å². The standard InChI is InChI=1S/C15H19N3O3/c1-10(12(9-16)15(17)19)18-7-6-11-4-5-13(20-2)14(8-11)21-3/h4-5,8,18H,6-7H2,1-3H3,(H2,17,19)/b12-10+. The van der Waals surface area contributed by atoms with E-state index >= 15 is 0 Å². The molecule has 0 aliphatic carbocycles. The van der Waals surface area contributed by atoms with Gasteiger partial charge in [-0.05, 0) is 31.0 Å². The molecule has 0 saturated heterocycles. The number of ether oxygens (including phenoxy) is 2. The lowest BCUT2D eigenvalue weighted by molar-refractivity contribution is -0.114. The van der Waals surface area contributed by atoms with Gasteiger partial charge in [0.25, 0.3) is 5.91 Å². The predicted octanol–water partition coefficient (Wildman–Crippen LogP) is 1.12. The SMILES string of the molecule is COc1ccc(CCN/C(C)=C(\C#N)C(N)=O)cc1OC. The zero-order chi connectivity index (χ0) is 15.8. The van der Waals surface area contributed by atoms with Crippen molar-refractivity contribution in [2.24, 2.45) is 5.73 Å². The van der Waals surface area contributed by atoms with E-state index in [1.165, 1.54) is 0 Å². The Morgan fingerprint density at radius 3 is 2.52 bits per heavy atom. The molecular weight excluding hydrogens is 270 g/mol. The lowest BCUT2D eigenvalue weighted by Gasteiger charge is -2.11. The Bertz CT molecular complexity index is 588. The van der Waals surface area contributed by atoms with Crippen LogP contribution in [0.2, 0.25) is 0 Å². The van der Waals surface area contributed by atoms with Crippen molar-refractivity contribution in [1.82, 2.24) is 5.32 Å². The largest absolute Gasteiger partial charge is 0.493 e. The van der Waals surface area contributed by atoms with Crippen LogP contribution in [0.5, 0.6) is 11.5 Å². The van der Waals surface area contributed by atoms with E-state index in [-0.39, 0.29) is 5.57 Å². The maximum atomic E-state index is 11.0. The van der Waals surface area contributed by atoms with Crippen molar-refractivity contribution in [3.63, 3.8) is 0 Å². The van der Waals surface area contributed by atoms with Crippen LogP contribution in [0.25, 0.3) is 0 Å². The number of nitrogens with zero attached hydrogens (tertiary/aromatic N) is 1. The van der Waals surface area contributed by atoms with Gasteiger partial charge in [-0.2, -0.15) is 5.26 Å². The number of hydrogen-bond donors (Lipinski definition) is 2. The van der Waals surface area contributed by atoms with E-state index in [0.717, 1.165) is 5.56 Å². The summed E-state index contributed by atoms with van der Waals surface area (Å²) in [6.07, 6.45) is 0.704. The molecule has 0 bridgehead atoms. The molecule has 0 aliphatic heterocycles. The monoisotopic (exact) mass is 289 g/mol. The molecule has 1 aromatic rings. The number of methoxy groups -OCH3 is 2. The van der Waals surface area contributed by atoms with Crippen LogP contribution in [0.3, 0.4) is 0 Å². The molecule has 0 aliphatic rings. The Labute approximate surface area is 124 Å². The van der Waals surface area contributed by atoms with Crippen molar-refractivity contribution >= 4 is 5.91 Å². The first-order chi connectivity index (χ1) is 10.0. The number of rotatable bonds is 7. The second kappa shape index (κ2) is 7.80. The molecule has 0 aromatic heterocycles. The molecule has 0 radical (unpaired) electrons. The van der Waals surface area contributed by atoms with E-state index in [1.807, 2.05) is 18.2 Å². The van der Waals surface area contributed by atoms with Gasteiger partial charge >= 0.3 is 0 Å². The van der Waals surface area contributed by atoms with Crippen LogP contribution in [0.15, 0.2) is 29.5 Å². The van der Waals surface area contributed by atoms with Crippen molar-refractivity contribution in [2.45, 2.75) is 13.3 Å². The minimum atomic E-state index is -0.728. The molecule has 0 atom stereocenters. The molecule has 0 spiro atoms. The van der Waals surface area contributed by atoms with Gasteiger partial charge < -0.3 is 20.5 Å². The Kier molecular flexibility index (Phi) is 6.08. The second-order valence-electron chi connectivity index (χ2n) is 4.34. The van der Waals surface area contributed by atoms with Crippen LogP contribution < -0.4 is 20.5 Å². The molecule has 0 unspecified atom stereocenters. The first-order valence-electron chi connectivity index (χ1n) is 6.39. The highest BCUT2D eigenvalue weighted by Gasteiger charge is 2.08. The fraction of sp³-hybridized carbons (Fsp3) is 0.333. The van der Waals surface area contributed by atoms with Gasteiger partial charge in [-0.15, -0.1) is 0 Å². The number of primary amides is 1. The molecule has 6 heteroatoms. The number of benzene rings is 1. The van der Waals surface area contributed by atoms with E-state index in [9.17, 15) is 4.79 Å². The van der Waals surface area contributed by atoms with Gasteiger partial charge in [0.2, 0.25) is 0 Å². The molecule has 3 N–H and O–H groups in total. The summed E-state index contributed by atoms with van der Waals surface area (Å²) in [6.45, 7) is 2.22. The van der Waals surface area contributed by atoms with Gasteiger partial charge in [-0.25, -0.2) is 0 Å². The highest BCUT2D eigenvalue weighted by molar-refractivity contribution is 5.96. The summed E-state index contributed by atoms with van der Waals surface area (Å²) in [5.74, 6) is 0.608. The Hall–Kier alpha value is -2.68. The van der Waals surface area contributed by atoms with Gasteiger partial charge in [-0.3, -0.25) is 4.79 Å². The number of carbonyl (C=O) groups excluding carboxylic acids is 1. The molecule has 6 nitrogen and oxygen atoms in total. The quantitative estimate of drug-likeness (QED) is 0.579. The van der Waals surface area contributed by atoms with Crippen molar-refractivity contribution in [2.75, 3.05) is 20.8 Å². The van der Waals surface area contributed by atoms with Crippen molar-refractivity contribution < 1.29 is 14.3 Å². The summed E-state index contributed by atoms with van der Waals surface area (Å²) in [4.78, 5) is 11.0. The summed E-state index contributed by atoms with van der Waals surface area (Å²) < 4.78 is 10.4. The van der Waals surface area contributed by atoms with Crippen LogP contribution >= 0.6 is 0 Å². The van der Waals surface area contributed by atoms with Crippen LogP contribution in [0.1, 0.15) is 12.5 Å². The van der Waals surface area contributed by atoms with E-state index in [0.29, 0.717) is 30.2 Å². The minimum Gasteiger partial charge on any atom is -0.493 e. The van der Waals surface area contributed by atoms with Gasteiger partial charge in [0.05, 0.1) is 14.2 Å². The molecule has 1 amide bonds. The van der Waals surface area contributed by atoms with Gasteiger partial charge in [0.1, 0.15) is 11.6 Å². The lowest BCUT2D eigenvalue weighted by Crippen LogP contribution is -2.22. The molecule has 1 rings (SSSR count). The predicted molar refractivity (Wildman–Crippen MR) is 78.8 cm³/mol. The fourth-order valence-corrected chi connectivity index (χ4v) is 1.84. The molecule has 21 heavy (non-hydrogen) atoms. The van der Waals surface area contributed by atoms with E-state index in [1.54, 1.807) is 27.2 Å². The minimum absolute atomic E-state index is 0.0534. The lowest BCUT2D eigenvalue weighted by atomic mass is 10.1. The van der Waals surface area contributed by atoms with Gasteiger partial charge in [-0.1, -0.05) is 6.07 Å². The zero-order valence-corrected chi connectivity index (χ0v) is 12.4. The maximum absolute atomic E-state index is 11.0. The maximum Gasteiger partial charge on any atom is 0.261 e. The number of nitrogens with one attached hydrogen (secondary N) is 1. The molecule has 1 aromatic carbocycles. The summed E-state index contributed by atoms with van der Waals surface area (Å²) in [6, 6.07) is 7.44. The van der Waals surface area contributed by atoms with Crippen molar-refractivity contribution in [3.05, 3.63) is 35.0 Å². The smallest absolute Gasteiger partial charge is 0.261 e. The molecule has 0 fully saturated rings. The summed E-state index contributed by atoms with van der Waals surface area (Å²) >= 11 is 0. The first-order valence-corrected chi connectivity index (χ1v) is 6.39. The van der Waals surface area contributed by atoms with Gasteiger partial charge in [0, 0.05) is 12.2 Å². The van der Waals surface area contributed by atoms with Crippen molar-refractivity contribution in [1.29, 1.82) is 5.26 Å². The summed E-state index contributed by atoms with van der Waals surface area (Å²) in [7, 11) is 3.17. The van der Waals surface area contributed by atoms with Crippen LogP contribution in [-0.2, 0) is 11.2 Å². The number of amides is 1. The third-order valence-corrected chi connectivity index (χ3v) is 2.98. The normalized spacial score (nSPS) is 11.1. The Morgan fingerprint density at radius 1 is 1.33 bits per heavy atom. The number of allylic oxidation sites excluding steroid dienone is 1. The second-order valence-corrected chi connectivity index (χ2v) is 4.34. The Morgan fingerprint density at radius 2 is 2.00 bits per heavy atom. The van der Waals surface area contributed by atoms with Gasteiger partial charge in [0.15, 0.2) is 11.5 Å². The highest BCUT2D eigenvalue weighted by Crippen LogP contribution is 2.27. The number of nitrogens with two attached hydrogens (primary N) is 1. The van der Waals surface area contributed by atoms with E-state index < -0.39 is 5.91 Å². The van der Waals surface area contributed by atoms with E-state index in [2.05, 4.69) is 5.32 Å². The molecule has 0 heterocycles. The molecular formula is C15H19N3O3. The Balaban J connectivity index is 2.69. The first kappa shape index (κ1) is 16.4. The topological polar surface area (TPSA) is 97.4 Å². The molecule has 112 valence electrons. The van der Waals surface area contributed by atoms with Crippen LogP contribution in [0, 0.1) is 11.3 Å². The van der Waals surface area contributed by atoms with E-state index in [4.69, 9.17) is 20.5 Å². The average Bonchev–Trinajstić information content (AvgIpc) is 2.47. The molecule has 0 saturated carbocycles. The van der Waals surface area contributed by atoms with Crippen LogP contribution in [0.4, 0.5) is 0 Å². The summed E-state index contributed by atoms with van der Waals surface area (Å²) in [5, 5.41) is 11.8. The average molecular weight is 289 g/mol. The summed E-state index contributed by atoms with van der Waals surface area (Å²) in [5.41, 5.74) is 6.58.